The molecule has 0 unspecified atom stereocenters. The van der Waals surface area contributed by atoms with E-state index in [-0.39, 0.29) is 0 Å². The van der Waals surface area contributed by atoms with Gasteiger partial charge in [-0.05, 0) is 56.2 Å². The molecule has 1 aliphatic carbocycles. The standard InChI is InChI=1S/C14H21N/c1-11-4-5-12(2)13(10-11)14(8-9-15)6-3-7-14/h4-5,10H,3,6-9,15H2,1-2H3. The van der Waals surface area contributed by atoms with E-state index in [4.69, 9.17) is 5.73 Å². The molecule has 0 saturated heterocycles. The molecule has 0 atom stereocenters. The van der Waals surface area contributed by atoms with Crippen LogP contribution >= 0.6 is 0 Å². The second-order valence-corrected chi connectivity index (χ2v) is 4.99. The summed E-state index contributed by atoms with van der Waals surface area (Å²) in [4.78, 5) is 0. The van der Waals surface area contributed by atoms with E-state index in [0.717, 1.165) is 13.0 Å². The Balaban J connectivity index is 2.37. The maximum absolute atomic E-state index is 5.75. The molecule has 1 aliphatic rings. The van der Waals surface area contributed by atoms with Crippen molar-refractivity contribution in [2.75, 3.05) is 6.54 Å². The molecule has 0 amide bonds. The van der Waals surface area contributed by atoms with Gasteiger partial charge in [-0.15, -0.1) is 0 Å². The first-order chi connectivity index (χ1) is 7.18. The maximum atomic E-state index is 5.75. The quantitative estimate of drug-likeness (QED) is 0.802. The van der Waals surface area contributed by atoms with E-state index in [1.807, 2.05) is 0 Å². The van der Waals surface area contributed by atoms with Gasteiger partial charge in [-0.2, -0.15) is 0 Å². The van der Waals surface area contributed by atoms with Crippen molar-refractivity contribution in [2.24, 2.45) is 5.73 Å². The van der Waals surface area contributed by atoms with Gasteiger partial charge in [0.2, 0.25) is 0 Å². The van der Waals surface area contributed by atoms with Gasteiger partial charge in [-0.3, -0.25) is 0 Å². The van der Waals surface area contributed by atoms with Crippen molar-refractivity contribution >= 4 is 0 Å². The van der Waals surface area contributed by atoms with Crippen LogP contribution in [0.25, 0.3) is 0 Å². The SMILES string of the molecule is Cc1ccc(C)c(C2(CCN)CCC2)c1. The molecule has 1 fully saturated rings. The lowest BCUT2D eigenvalue weighted by Gasteiger charge is -2.43. The Kier molecular flexibility index (Phi) is 2.83. The van der Waals surface area contributed by atoms with Crippen LogP contribution in [0, 0.1) is 13.8 Å². The number of nitrogens with two attached hydrogens (primary N) is 1. The van der Waals surface area contributed by atoms with Gasteiger partial charge in [-0.25, -0.2) is 0 Å². The molecule has 0 bridgehead atoms. The summed E-state index contributed by atoms with van der Waals surface area (Å²) in [5.74, 6) is 0. The van der Waals surface area contributed by atoms with Gasteiger partial charge in [0.25, 0.3) is 0 Å². The van der Waals surface area contributed by atoms with Crippen molar-refractivity contribution in [3.05, 3.63) is 34.9 Å². The minimum absolute atomic E-state index is 0.421. The molecular weight excluding hydrogens is 182 g/mol. The molecule has 1 saturated carbocycles. The average Bonchev–Trinajstić information content (AvgIpc) is 2.16. The topological polar surface area (TPSA) is 26.0 Å². The molecule has 82 valence electrons. The van der Waals surface area contributed by atoms with Crippen LogP contribution < -0.4 is 5.73 Å². The van der Waals surface area contributed by atoms with E-state index in [0.29, 0.717) is 5.41 Å². The van der Waals surface area contributed by atoms with E-state index < -0.39 is 0 Å². The van der Waals surface area contributed by atoms with E-state index in [1.54, 1.807) is 5.56 Å². The number of hydrogen-bond acceptors (Lipinski definition) is 1. The first kappa shape index (κ1) is 10.7. The van der Waals surface area contributed by atoms with Gasteiger partial charge in [-0.1, -0.05) is 30.2 Å². The number of aryl methyl sites for hydroxylation is 2. The van der Waals surface area contributed by atoms with Gasteiger partial charge in [0.1, 0.15) is 0 Å². The Bertz CT molecular complexity index is 350. The van der Waals surface area contributed by atoms with Crippen LogP contribution in [0.3, 0.4) is 0 Å². The van der Waals surface area contributed by atoms with Gasteiger partial charge < -0.3 is 5.73 Å². The molecule has 0 aromatic heterocycles. The zero-order valence-corrected chi connectivity index (χ0v) is 9.84. The average molecular weight is 203 g/mol. The van der Waals surface area contributed by atoms with E-state index >= 15 is 0 Å². The molecule has 0 aliphatic heterocycles. The highest BCUT2D eigenvalue weighted by Gasteiger charge is 2.38. The largest absolute Gasteiger partial charge is 0.330 e. The molecule has 1 nitrogen and oxygen atoms in total. The van der Waals surface area contributed by atoms with Crippen molar-refractivity contribution in [3.8, 4) is 0 Å². The molecule has 15 heavy (non-hydrogen) atoms. The summed E-state index contributed by atoms with van der Waals surface area (Å²) in [5.41, 5.74) is 10.5. The maximum Gasteiger partial charge on any atom is -0.00323 e. The van der Waals surface area contributed by atoms with Crippen molar-refractivity contribution in [3.63, 3.8) is 0 Å². The molecule has 1 heteroatoms. The zero-order chi connectivity index (χ0) is 10.9. The Morgan fingerprint density at radius 1 is 1.27 bits per heavy atom. The van der Waals surface area contributed by atoms with Crippen LogP contribution in [0.1, 0.15) is 42.4 Å². The third-order valence-corrected chi connectivity index (χ3v) is 3.90. The van der Waals surface area contributed by atoms with Crippen molar-refractivity contribution < 1.29 is 0 Å². The summed E-state index contributed by atoms with van der Waals surface area (Å²) in [7, 11) is 0. The Morgan fingerprint density at radius 2 is 2.00 bits per heavy atom. The molecular formula is C14H21N. The summed E-state index contributed by atoms with van der Waals surface area (Å²) in [6.45, 7) is 5.22. The van der Waals surface area contributed by atoms with Crippen LogP contribution in [0.4, 0.5) is 0 Å². The Morgan fingerprint density at radius 3 is 2.53 bits per heavy atom. The van der Waals surface area contributed by atoms with Gasteiger partial charge >= 0.3 is 0 Å². The minimum atomic E-state index is 0.421. The van der Waals surface area contributed by atoms with Crippen LogP contribution in [0.5, 0.6) is 0 Å². The summed E-state index contributed by atoms with van der Waals surface area (Å²) in [6, 6.07) is 6.82. The fraction of sp³-hybridized carbons (Fsp3) is 0.571. The number of benzene rings is 1. The smallest absolute Gasteiger partial charge is 0.00323 e. The highest BCUT2D eigenvalue weighted by molar-refractivity contribution is 5.38. The van der Waals surface area contributed by atoms with Crippen molar-refractivity contribution in [2.45, 2.75) is 44.9 Å². The second kappa shape index (κ2) is 3.97. The van der Waals surface area contributed by atoms with Crippen molar-refractivity contribution in [1.29, 1.82) is 0 Å². The fourth-order valence-electron chi connectivity index (χ4n) is 2.84. The Labute approximate surface area is 92.7 Å². The lowest BCUT2D eigenvalue weighted by Crippen LogP contribution is -2.37. The molecule has 1 aromatic rings. The summed E-state index contributed by atoms with van der Waals surface area (Å²) in [6.07, 6.45) is 5.17. The van der Waals surface area contributed by atoms with Crippen LogP contribution in [-0.4, -0.2) is 6.54 Å². The summed E-state index contributed by atoms with van der Waals surface area (Å²) >= 11 is 0. The fourth-order valence-corrected chi connectivity index (χ4v) is 2.84. The second-order valence-electron chi connectivity index (χ2n) is 4.99. The van der Waals surface area contributed by atoms with E-state index in [9.17, 15) is 0 Å². The molecule has 1 aromatic carbocycles. The molecule has 0 radical (unpaired) electrons. The van der Waals surface area contributed by atoms with Crippen LogP contribution in [0.2, 0.25) is 0 Å². The van der Waals surface area contributed by atoms with Crippen LogP contribution in [0.15, 0.2) is 18.2 Å². The first-order valence-corrected chi connectivity index (χ1v) is 5.96. The molecule has 0 spiro atoms. The lowest BCUT2D eigenvalue weighted by molar-refractivity contribution is 0.228. The highest BCUT2D eigenvalue weighted by atomic mass is 14.6. The number of hydrogen-bond donors (Lipinski definition) is 1. The van der Waals surface area contributed by atoms with Gasteiger partial charge in [0.15, 0.2) is 0 Å². The predicted octanol–water partition coefficient (Wildman–Crippen LogP) is 3.07. The first-order valence-electron chi connectivity index (χ1n) is 5.96. The molecule has 2 N–H and O–H groups in total. The van der Waals surface area contributed by atoms with Gasteiger partial charge in [0, 0.05) is 0 Å². The Hall–Kier alpha value is -0.820. The lowest BCUT2D eigenvalue weighted by atomic mass is 9.61. The predicted molar refractivity (Wildman–Crippen MR) is 65.1 cm³/mol. The van der Waals surface area contributed by atoms with Gasteiger partial charge in [0.05, 0.1) is 0 Å². The molecule has 0 heterocycles. The molecule has 2 rings (SSSR count). The van der Waals surface area contributed by atoms with E-state index in [2.05, 4.69) is 32.0 Å². The third-order valence-electron chi connectivity index (χ3n) is 3.90. The summed E-state index contributed by atoms with van der Waals surface area (Å²) in [5, 5.41) is 0. The minimum Gasteiger partial charge on any atom is -0.330 e. The monoisotopic (exact) mass is 203 g/mol. The van der Waals surface area contributed by atoms with Crippen LogP contribution in [-0.2, 0) is 5.41 Å². The summed E-state index contributed by atoms with van der Waals surface area (Å²) < 4.78 is 0. The van der Waals surface area contributed by atoms with Crippen molar-refractivity contribution in [1.82, 2.24) is 0 Å². The normalized spacial score (nSPS) is 18.6. The number of rotatable bonds is 3. The third kappa shape index (κ3) is 1.81. The highest BCUT2D eigenvalue weighted by Crippen LogP contribution is 2.47. The zero-order valence-electron chi connectivity index (χ0n) is 9.84. The van der Waals surface area contributed by atoms with E-state index in [1.165, 1.54) is 30.4 Å².